The lowest BCUT2D eigenvalue weighted by atomic mass is 9.76. The Morgan fingerprint density at radius 1 is 0.833 bits per heavy atom. The monoisotopic (exact) mass is 397 g/mol. The highest BCUT2D eigenvalue weighted by molar-refractivity contribution is 5.94. The van der Waals surface area contributed by atoms with Crippen molar-refractivity contribution in [1.82, 2.24) is 0 Å². The molecule has 0 spiro atoms. The standard InChI is InChI=1S/C28H31NO/c1-28(2,22-14-8-4-9-15-22)26-19-18-24(21-12-6-3-7-13-21)25(27(26)30)20-29-23-16-10-5-11-17-23/h3-4,6-9,12-15,18-20,23,30H,5,10-11,16-17H2,1-2H3. The van der Waals surface area contributed by atoms with Crippen LogP contribution in [0.1, 0.15) is 62.6 Å². The maximum atomic E-state index is 11.5. The van der Waals surface area contributed by atoms with Crippen LogP contribution in [0, 0.1) is 0 Å². The van der Waals surface area contributed by atoms with Crippen LogP contribution in [-0.2, 0) is 5.41 Å². The summed E-state index contributed by atoms with van der Waals surface area (Å²) in [6.45, 7) is 4.34. The Balaban J connectivity index is 1.81. The molecule has 0 bridgehead atoms. The van der Waals surface area contributed by atoms with Gasteiger partial charge in [-0.15, -0.1) is 0 Å². The van der Waals surface area contributed by atoms with E-state index in [0.717, 1.165) is 35.1 Å². The molecule has 0 radical (unpaired) electrons. The van der Waals surface area contributed by atoms with Gasteiger partial charge in [0, 0.05) is 28.8 Å². The second kappa shape index (κ2) is 8.87. The molecule has 0 aromatic heterocycles. The molecule has 1 aliphatic carbocycles. The number of aromatic hydroxyl groups is 1. The third kappa shape index (κ3) is 4.18. The molecule has 0 unspecified atom stereocenters. The lowest BCUT2D eigenvalue weighted by Crippen LogP contribution is -2.19. The van der Waals surface area contributed by atoms with Gasteiger partial charge in [0.05, 0.1) is 0 Å². The Bertz CT molecular complexity index is 1000. The second-order valence-electron chi connectivity index (χ2n) is 8.85. The zero-order valence-electron chi connectivity index (χ0n) is 18.0. The maximum Gasteiger partial charge on any atom is 0.129 e. The smallest absolute Gasteiger partial charge is 0.129 e. The molecule has 0 saturated heterocycles. The number of phenols is 1. The van der Waals surface area contributed by atoms with Crippen LogP contribution in [0.4, 0.5) is 0 Å². The van der Waals surface area contributed by atoms with E-state index in [4.69, 9.17) is 4.99 Å². The Kier molecular flexibility index (Phi) is 6.03. The minimum Gasteiger partial charge on any atom is -0.507 e. The summed E-state index contributed by atoms with van der Waals surface area (Å²) in [6.07, 6.45) is 8.03. The molecule has 30 heavy (non-hydrogen) atoms. The summed E-state index contributed by atoms with van der Waals surface area (Å²) in [5.41, 5.74) is 4.76. The highest BCUT2D eigenvalue weighted by Crippen LogP contribution is 2.41. The van der Waals surface area contributed by atoms with Crippen LogP contribution in [0.2, 0.25) is 0 Å². The molecule has 3 aromatic carbocycles. The van der Waals surface area contributed by atoms with E-state index >= 15 is 0 Å². The fourth-order valence-corrected chi connectivity index (χ4v) is 4.53. The van der Waals surface area contributed by atoms with Crippen LogP contribution < -0.4 is 0 Å². The van der Waals surface area contributed by atoms with Gasteiger partial charge >= 0.3 is 0 Å². The van der Waals surface area contributed by atoms with Crippen molar-refractivity contribution < 1.29 is 5.11 Å². The minimum absolute atomic E-state index is 0.312. The number of hydrogen-bond acceptors (Lipinski definition) is 2. The Morgan fingerprint density at radius 2 is 1.47 bits per heavy atom. The van der Waals surface area contributed by atoms with E-state index in [2.05, 4.69) is 62.4 Å². The lowest BCUT2D eigenvalue weighted by molar-refractivity contribution is 0.443. The molecule has 1 N–H and O–H groups in total. The van der Waals surface area contributed by atoms with Gasteiger partial charge in [0.1, 0.15) is 5.75 Å². The summed E-state index contributed by atoms with van der Waals surface area (Å²) in [5.74, 6) is 0.338. The van der Waals surface area contributed by atoms with E-state index in [-0.39, 0.29) is 5.41 Å². The van der Waals surface area contributed by atoms with Crippen LogP contribution in [0.25, 0.3) is 11.1 Å². The normalized spacial score (nSPS) is 15.5. The van der Waals surface area contributed by atoms with Crippen molar-refractivity contribution in [3.05, 3.63) is 89.5 Å². The van der Waals surface area contributed by atoms with Gasteiger partial charge in [-0.25, -0.2) is 0 Å². The Hall–Kier alpha value is -2.87. The predicted octanol–water partition coefficient (Wildman–Crippen LogP) is 7.14. The van der Waals surface area contributed by atoms with Crippen LogP contribution in [0.5, 0.6) is 5.75 Å². The summed E-state index contributed by atoms with van der Waals surface area (Å²) < 4.78 is 0. The maximum absolute atomic E-state index is 11.5. The van der Waals surface area contributed by atoms with Gasteiger partial charge in [-0.3, -0.25) is 4.99 Å². The number of nitrogens with zero attached hydrogens (tertiary/aromatic N) is 1. The number of phenolic OH excluding ortho intramolecular Hbond substituents is 1. The zero-order valence-corrected chi connectivity index (χ0v) is 18.0. The van der Waals surface area contributed by atoms with Crippen molar-refractivity contribution in [2.45, 2.75) is 57.4 Å². The quantitative estimate of drug-likeness (QED) is 0.456. The number of benzene rings is 3. The molecule has 0 aliphatic heterocycles. The van der Waals surface area contributed by atoms with Crippen LogP contribution in [0.15, 0.2) is 77.8 Å². The molecular weight excluding hydrogens is 366 g/mol. The molecule has 1 saturated carbocycles. The highest BCUT2D eigenvalue weighted by Gasteiger charge is 2.28. The van der Waals surface area contributed by atoms with Crippen molar-refractivity contribution >= 4 is 6.21 Å². The van der Waals surface area contributed by atoms with Crippen LogP contribution in [-0.4, -0.2) is 17.4 Å². The Labute approximate surface area is 180 Å². The molecule has 1 fully saturated rings. The van der Waals surface area contributed by atoms with Gasteiger partial charge in [0.2, 0.25) is 0 Å². The van der Waals surface area contributed by atoms with Gasteiger partial charge in [0.25, 0.3) is 0 Å². The summed E-state index contributed by atoms with van der Waals surface area (Å²) >= 11 is 0. The van der Waals surface area contributed by atoms with Crippen molar-refractivity contribution in [2.75, 3.05) is 0 Å². The van der Waals surface area contributed by atoms with E-state index in [1.165, 1.54) is 24.8 Å². The summed E-state index contributed by atoms with van der Waals surface area (Å²) in [5, 5.41) is 11.5. The van der Waals surface area contributed by atoms with Gasteiger partial charge in [-0.05, 0) is 29.5 Å². The van der Waals surface area contributed by atoms with Crippen molar-refractivity contribution in [3.63, 3.8) is 0 Å². The Morgan fingerprint density at radius 3 is 2.13 bits per heavy atom. The largest absolute Gasteiger partial charge is 0.507 e. The first-order chi connectivity index (χ1) is 14.6. The van der Waals surface area contributed by atoms with Gasteiger partial charge in [-0.1, -0.05) is 106 Å². The summed E-state index contributed by atoms with van der Waals surface area (Å²) in [7, 11) is 0. The molecule has 2 nitrogen and oxygen atoms in total. The molecule has 2 heteroatoms. The molecule has 3 aromatic rings. The molecule has 154 valence electrons. The van der Waals surface area contributed by atoms with Gasteiger partial charge in [-0.2, -0.15) is 0 Å². The molecule has 4 rings (SSSR count). The third-order valence-electron chi connectivity index (χ3n) is 6.46. The third-order valence-corrected chi connectivity index (χ3v) is 6.46. The average Bonchev–Trinajstić information content (AvgIpc) is 2.80. The first-order valence-electron chi connectivity index (χ1n) is 11.1. The molecule has 1 aliphatic rings. The number of hydrogen-bond donors (Lipinski definition) is 1. The van der Waals surface area contributed by atoms with E-state index in [1.54, 1.807) is 0 Å². The average molecular weight is 398 g/mol. The zero-order chi connectivity index (χ0) is 21.0. The van der Waals surface area contributed by atoms with E-state index in [1.807, 2.05) is 30.5 Å². The van der Waals surface area contributed by atoms with Crippen molar-refractivity contribution in [3.8, 4) is 16.9 Å². The van der Waals surface area contributed by atoms with Crippen LogP contribution >= 0.6 is 0 Å². The van der Waals surface area contributed by atoms with E-state index < -0.39 is 0 Å². The molecule has 0 heterocycles. The van der Waals surface area contributed by atoms with Gasteiger partial charge in [0.15, 0.2) is 0 Å². The first kappa shape index (κ1) is 20.4. The van der Waals surface area contributed by atoms with Crippen molar-refractivity contribution in [2.24, 2.45) is 4.99 Å². The van der Waals surface area contributed by atoms with Crippen molar-refractivity contribution in [1.29, 1.82) is 0 Å². The second-order valence-corrected chi connectivity index (χ2v) is 8.85. The molecular formula is C28H31NO. The highest BCUT2D eigenvalue weighted by atomic mass is 16.3. The fraction of sp³-hybridized carbons (Fsp3) is 0.321. The number of aliphatic imine (C=N–C) groups is 1. The van der Waals surface area contributed by atoms with E-state index in [0.29, 0.717) is 11.8 Å². The number of rotatable bonds is 5. The van der Waals surface area contributed by atoms with Gasteiger partial charge < -0.3 is 5.11 Å². The van der Waals surface area contributed by atoms with E-state index in [9.17, 15) is 5.11 Å². The predicted molar refractivity (Wildman–Crippen MR) is 127 cm³/mol. The topological polar surface area (TPSA) is 32.6 Å². The van der Waals surface area contributed by atoms with Crippen LogP contribution in [0.3, 0.4) is 0 Å². The first-order valence-corrected chi connectivity index (χ1v) is 11.1. The summed E-state index contributed by atoms with van der Waals surface area (Å²) in [4.78, 5) is 4.91. The lowest BCUT2D eigenvalue weighted by Gasteiger charge is -2.28. The SMILES string of the molecule is CC(C)(c1ccccc1)c1ccc(-c2ccccc2)c(C=NC2CCCCC2)c1O. The molecule has 0 amide bonds. The fourth-order valence-electron chi connectivity index (χ4n) is 4.53. The summed E-state index contributed by atoms with van der Waals surface area (Å²) in [6, 6.07) is 25.2. The molecule has 0 atom stereocenters. The minimum atomic E-state index is -0.312.